The van der Waals surface area contributed by atoms with Gasteiger partial charge >= 0.3 is 11.9 Å². The molecule has 1 heterocycles. The second kappa shape index (κ2) is 9.88. The van der Waals surface area contributed by atoms with Crippen molar-refractivity contribution in [1.29, 1.82) is 0 Å². The number of hydrogen-bond donors (Lipinski definition) is 0. The molecule has 6 nitrogen and oxygen atoms in total. The molecule has 1 aliphatic carbocycles. The van der Waals surface area contributed by atoms with E-state index in [-0.39, 0.29) is 19.0 Å². The molecule has 0 bridgehead atoms. The molecule has 0 unspecified atom stereocenters. The molecule has 180 valence electrons. The van der Waals surface area contributed by atoms with Crippen molar-refractivity contribution in [3.05, 3.63) is 70.7 Å². The standard InChI is InChI=1S/C27H29ClO6/c1-3-32-24(30)27(25(31)33-4-2)21(22(29)18-12-14-20(28)15-13-18)23(19-10-6-5-7-11-19)34-26(27)16-8-9-17-26/h5-7,10-15,21,23H,3-4,8-9,16-17H2,1-2H3/t21-,23-/m1/s1. The molecule has 0 radical (unpaired) electrons. The fourth-order valence-corrected chi connectivity index (χ4v) is 5.73. The van der Waals surface area contributed by atoms with Crippen LogP contribution in [-0.2, 0) is 23.8 Å². The third kappa shape index (κ3) is 3.83. The first-order valence-electron chi connectivity index (χ1n) is 11.8. The fraction of sp³-hybridized carbons (Fsp3) is 0.444. The Morgan fingerprint density at radius 2 is 1.47 bits per heavy atom. The normalized spacial score (nSPS) is 22.4. The highest BCUT2D eigenvalue weighted by Crippen LogP contribution is 2.63. The average Bonchev–Trinajstić information content (AvgIpc) is 3.43. The zero-order chi connectivity index (χ0) is 24.3. The maximum Gasteiger partial charge on any atom is 0.327 e. The van der Waals surface area contributed by atoms with E-state index in [4.69, 9.17) is 25.8 Å². The van der Waals surface area contributed by atoms with Gasteiger partial charge < -0.3 is 14.2 Å². The number of ether oxygens (including phenoxy) is 3. The minimum atomic E-state index is -1.92. The smallest absolute Gasteiger partial charge is 0.327 e. The maximum atomic E-state index is 14.2. The molecule has 1 aliphatic heterocycles. The molecule has 2 aliphatic rings. The summed E-state index contributed by atoms with van der Waals surface area (Å²) < 4.78 is 17.7. The summed E-state index contributed by atoms with van der Waals surface area (Å²) in [5.74, 6) is -3.06. The van der Waals surface area contributed by atoms with Gasteiger partial charge in [-0.05, 0) is 56.5 Å². The van der Waals surface area contributed by atoms with Gasteiger partial charge in [0.1, 0.15) is 0 Å². The lowest BCUT2D eigenvalue weighted by molar-refractivity contribution is -0.188. The quantitative estimate of drug-likeness (QED) is 0.300. The van der Waals surface area contributed by atoms with Crippen LogP contribution in [0.5, 0.6) is 0 Å². The summed E-state index contributed by atoms with van der Waals surface area (Å²) in [6.45, 7) is 3.49. The minimum Gasteiger partial charge on any atom is -0.465 e. The number of hydrogen-bond acceptors (Lipinski definition) is 6. The Balaban J connectivity index is 1.99. The number of carbonyl (C=O) groups is 3. The second-order valence-electron chi connectivity index (χ2n) is 8.75. The zero-order valence-electron chi connectivity index (χ0n) is 19.4. The number of carbonyl (C=O) groups excluding carboxylic acids is 3. The molecule has 7 heteroatoms. The van der Waals surface area contributed by atoms with Crippen LogP contribution < -0.4 is 0 Å². The summed E-state index contributed by atoms with van der Waals surface area (Å²) >= 11 is 6.05. The summed E-state index contributed by atoms with van der Waals surface area (Å²) in [5, 5.41) is 0.480. The zero-order valence-corrected chi connectivity index (χ0v) is 20.2. The Hall–Kier alpha value is -2.70. The predicted octanol–water partition coefficient (Wildman–Crippen LogP) is 5.34. The van der Waals surface area contributed by atoms with Crippen LogP contribution in [0.2, 0.25) is 5.02 Å². The Morgan fingerprint density at radius 1 is 0.912 bits per heavy atom. The number of benzene rings is 2. The lowest BCUT2D eigenvalue weighted by Crippen LogP contribution is -2.60. The summed E-state index contributed by atoms with van der Waals surface area (Å²) in [6, 6.07) is 15.7. The van der Waals surface area contributed by atoms with E-state index in [9.17, 15) is 14.4 Å². The molecule has 0 N–H and O–H groups in total. The van der Waals surface area contributed by atoms with Crippen LogP contribution >= 0.6 is 11.6 Å². The van der Waals surface area contributed by atoms with Crippen LogP contribution in [0.4, 0.5) is 0 Å². The first kappa shape index (κ1) is 24.4. The molecule has 2 fully saturated rings. The van der Waals surface area contributed by atoms with Crippen molar-refractivity contribution in [2.45, 2.75) is 51.2 Å². The largest absolute Gasteiger partial charge is 0.465 e. The highest BCUT2D eigenvalue weighted by molar-refractivity contribution is 6.30. The number of ketones is 1. The highest BCUT2D eigenvalue weighted by Gasteiger charge is 2.77. The molecule has 0 aromatic heterocycles. The van der Waals surface area contributed by atoms with E-state index in [1.165, 1.54) is 0 Å². The summed E-state index contributed by atoms with van der Waals surface area (Å²) in [4.78, 5) is 41.9. The van der Waals surface area contributed by atoms with Crippen molar-refractivity contribution >= 4 is 29.3 Å². The number of halogens is 1. The molecule has 1 saturated heterocycles. The molecule has 2 atom stereocenters. The van der Waals surface area contributed by atoms with Gasteiger partial charge in [0.05, 0.1) is 30.8 Å². The van der Waals surface area contributed by atoms with E-state index in [1.807, 2.05) is 30.3 Å². The van der Waals surface area contributed by atoms with Crippen molar-refractivity contribution in [2.24, 2.45) is 11.3 Å². The van der Waals surface area contributed by atoms with Crippen LogP contribution in [0, 0.1) is 11.3 Å². The molecule has 1 saturated carbocycles. The Kier molecular flexibility index (Phi) is 7.10. The highest BCUT2D eigenvalue weighted by atomic mass is 35.5. The van der Waals surface area contributed by atoms with Crippen LogP contribution in [0.15, 0.2) is 54.6 Å². The second-order valence-corrected chi connectivity index (χ2v) is 9.18. The van der Waals surface area contributed by atoms with E-state index in [0.29, 0.717) is 23.4 Å². The van der Waals surface area contributed by atoms with Gasteiger partial charge in [0.2, 0.25) is 5.41 Å². The van der Waals surface area contributed by atoms with E-state index in [2.05, 4.69) is 0 Å². The molecule has 34 heavy (non-hydrogen) atoms. The molecule has 2 aromatic carbocycles. The molecule has 1 spiro atoms. The van der Waals surface area contributed by atoms with Gasteiger partial charge in [-0.1, -0.05) is 54.8 Å². The summed E-state index contributed by atoms with van der Waals surface area (Å²) in [5.41, 5.74) is -2.06. The van der Waals surface area contributed by atoms with Crippen molar-refractivity contribution < 1.29 is 28.6 Å². The molecule has 0 amide bonds. The molecule has 4 rings (SSSR count). The van der Waals surface area contributed by atoms with Gasteiger partial charge in [0.15, 0.2) is 5.78 Å². The number of rotatable bonds is 7. The minimum absolute atomic E-state index is 0.0634. The Labute approximate surface area is 204 Å². The SMILES string of the molecule is CCOC(=O)C1(C(=O)OCC)[C@H](C(=O)c2ccc(Cl)cc2)[C@@H](c2ccccc2)OC12CCCC2. The predicted molar refractivity (Wildman–Crippen MR) is 126 cm³/mol. The fourth-order valence-electron chi connectivity index (χ4n) is 5.60. The van der Waals surface area contributed by atoms with Crippen molar-refractivity contribution in [3.63, 3.8) is 0 Å². The van der Waals surface area contributed by atoms with E-state index >= 15 is 0 Å². The first-order chi connectivity index (χ1) is 16.4. The number of esters is 2. The van der Waals surface area contributed by atoms with Gasteiger partial charge in [-0.15, -0.1) is 0 Å². The van der Waals surface area contributed by atoms with Gasteiger partial charge in [0, 0.05) is 10.6 Å². The monoisotopic (exact) mass is 484 g/mol. The topological polar surface area (TPSA) is 78.9 Å². The average molecular weight is 485 g/mol. The van der Waals surface area contributed by atoms with Gasteiger partial charge in [0.25, 0.3) is 0 Å². The van der Waals surface area contributed by atoms with Crippen LogP contribution in [0.25, 0.3) is 0 Å². The van der Waals surface area contributed by atoms with Gasteiger partial charge in [-0.2, -0.15) is 0 Å². The van der Waals surface area contributed by atoms with Crippen LogP contribution in [0.1, 0.15) is 61.6 Å². The molecular weight excluding hydrogens is 456 g/mol. The molecular formula is C27H29ClO6. The third-order valence-electron chi connectivity index (χ3n) is 6.99. The molecule has 2 aromatic rings. The summed E-state index contributed by atoms with van der Waals surface area (Å²) in [7, 11) is 0. The lowest BCUT2D eigenvalue weighted by Gasteiger charge is -2.40. The maximum absolute atomic E-state index is 14.2. The Bertz CT molecular complexity index is 1020. The van der Waals surface area contributed by atoms with Crippen LogP contribution in [-0.4, -0.2) is 36.5 Å². The van der Waals surface area contributed by atoms with E-state index < -0.39 is 35.0 Å². The van der Waals surface area contributed by atoms with Gasteiger partial charge in [-0.3, -0.25) is 14.4 Å². The van der Waals surface area contributed by atoms with Crippen molar-refractivity contribution in [2.75, 3.05) is 13.2 Å². The third-order valence-corrected chi connectivity index (χ3v) is 7.24. The van der Waals surface area contributed by atoms with Crippen molar-refractivity contribution in [1.82, 2.24) is 0 Å². The van der Waals surface area contributed by atoms with E-state index in [0.717, 1.165) is 18.4 Å². The number of Topliss-reactive ketones (excluding diaryl/α,β-unsaturated/α-hetero) is 1. The van der Waals surface area contributed by atoms with Crippen molar-refractivity contribution in [3.8, 4) is 0 Å². The van der Waals surface area contributed by atoms with Gasteiger partial charge in [-0.25, -0.2) is 0 Å². The Morgan fingerprint density at radius 3 is 2.00 bits per heavy atom. The summed E-state index contributed by atoms with van der Waals surface area (Å²) in [6.07, 6.45) is 1.63. The van der Waals surface area contributed by atoms with Crippen LogP contribution in [0.3, 0.4) is 0 Å². The van der Waals surface area contributed by atoms with E-state index in [1.54, 1.807) is 38.1 Å². The first-order valence-corrected chi connectivity index (χ1v) is 12.2. The lowest BCUT2D eigenvalue weighted by atomic mass is 9.61.